The van der Waals surface area contributed by atoms with Gasteiger partial charge in [0.1, 0.15) is 0 Å². The van der Waals surface area contributed by atoms with E-state index in [-0.39, 0.29) is 24.1 Å². The van der Waals surface area contributed by atoms with Crippen LogP contribution in [0.3, 0.4) is 0 Å². The predicted octanol–water partition coefficient (Wildman–Crippen LogP) is 0.902. The van der Waals surface area contributed by atoms with E-state index in [1.807, 2.05) is 0 Å². The molecule has 1 heterocycles. The molecule has 0 aliphatic carbocycles. The minimum Gasteiger partial charge on any atom is -0.327 e. The lowest BCUT2D eigenvalue weighted by atomic mass is 10.2. The summed E-state index contributed by atoms with van der Waals surface area (Å²) in [7, 11) is -3.16. The maximum atomic E-state index is 11.8. The van der Waals surface area contributed by atoms with Crippen molar-refractivity contribution in [3.8, 4) is 0 Å². The van der Waals surface area contributed by atoms with E-state index in [2.05, 4.69) is 5.32 Å². The lowest BCUT2D eigenvalue weighted by Crippen LogP contribution is -2.25. The molecule has 6 nitrogen and oxygen atoms in total. The zero-order chi connectivity index (χ0) is 14.8. The first-order valence-electron chi connectivity index (χ1n) is 6.54. The van der Waals surface area contributed by atoms with Gasteiger partial charge >= 0.3 is 0 Å². The van der Waals surface area contributed by atoms with Gasteiger partial charge in [-0.25, -0.2) is 8.42 Å². The van der Waals surface area contributed by atoms with Crippen LogP contribution in [0.2, 0.25) is 0 Å². The molecule has 20 heavy (non-hydrogen) atoms. The van der Waals surface area contributed by atoms with Crippen molar-refractivity contribution in [1.29, 1.82) is 0 Å². The lowest BCUT2D eigenvalue weighted by molar-refractivity contribution is -0.116. The first-order chi connectivity index (χ1) is 9.38. The van der Waals surface area contributed by atoms with Crippen LogP contribution >= 0.6 is 0 Å². The highest BCUT2D eigenvalue weighted by atomic mass is 32.2. The third-order valence-electron chi connectivity index (χ3n) is 3.05. The third kappa shape index (κ3) is 3.49. The number of benzene rings is 1. The molecule has 110 valence electrons. The number of rotatable bonds is 4. The number of carbonyl (C=O) groups is 1. The monoisotopic (exact) mass is 297 g/mol. The standard InChI is InChI=1S/C13H19N3O3S/c1-10(14)9-13(17)15-11-3-5-12(6-4-11)16-7-2-8-20(16,18)19/h3-6,10H,2,7-9,14H2,1H3,(H,15,17). The van der Waals surface area contributed by atoms with Crippen molar-refractivity contribution in [2.45, 2.75) is 25.8 Å². The van der Waals surface area contributed by atoms with Crippen molar-refractivity contribution in [2.75, 3.05) is 21.9 Å². The van der Waals surface area contributed by atoms with Gasteiger partial charge in [-0.15, -0.1) is 0 Å². The normalized spacial score (nSPS) is 18.8. The molecule has 1 amide bonds. The fourth-order valence-electron chi connectivity index (χ4n) is 2.15. The average molecular weight is 297 g/mol. The molecule has 1 aliphatic rings. The van der Waals surface area contributed by atoms with Crippen LogP contribution < -0.4 is 15.4 Å². The molecule has 0 bridgehead atoms. The Morgan fingerprint density at radius 3 is 2.55 bits per heavy atom. The smallest absolute Gasteiger partial charge is 0.235 e. The summed E-state index contributed by atoms with van der Waals surface area (Å²) in [4.78, 5) is 11.6. The largest absolute Gasteiger partial charge is 0.327 e. The van der Waals surface area contributed by atoms with Crippen LogP contribution in [0.5, 0.6) is 0 Å². The molecule has 1 saturated heterocycles. The Balaban J connectivity index is 2.05. The van der Waals surface area contributed by atoms with E-state index in [0.29, 0.717) is 24.3 Å². The van der Waals surface area contributed by atoms with E-state index in [0.717, 1.165) is 0 Å². The predicted molar refractivity (Wildman–Crippen MR) is 79.1 cm³/mol. The van der Waals surface area contributed by atoms with E-state index in [4.69, 9.17) is 5.73 Å². The molecule has 1 aliphatic heterocycles. The minimum absolute atomic E-state index is 0.151. The first-order valence-corrected chi connectivity index (χ1v) is 8.15. The van der Waals surface area contributed by atoms with Gasteiger partial charge in [-0.1, -0.05) is 0 Å². The number of carbonyl (C=O) groups excluding carboxylic acids is 1. The van der Waals surface area contributed by atoms with Gasteiger partial charge in [-0.05, 0) is 37.6 Å². The third-order valence-corrected chi connectivity index (χ3v) is 4.92. The molecule has 0 aromatic heterocycles. The Bertz CT molecular complexity index is 581. The summed E-state index contributed by atoms with van der Waals surface area (Å²) in [5, 5.41) is 2.72. The molecule has 1 unspecified atom stereocenters. The molecule has 0 saturated carbocycles. The highest BCUT2D eigenvalue weighted by molar-refractivity contribution is 7.93. The number of nitrogens with two attached hydrogens (primary N) is 1. The van der Waals surface area contributed by atoms with Gasteiger partial charge in [0.15, 0.2) is 0 Å². The Morgan fingerprint density at radius 2 is 2.05 bits per heavy atom. The minimum atomic E-state index is -3.16. The number of hydrogen-bond donors (Lipinski definition) is 2. The average Bonchev–Trinajstić information content (AvgIpc) is 2.69. The van der Waals surface area contributed by atoms with Crippen LogP contribution in [0.15, 0.2) is 24.3 Å². The zero-order valence-corrected chi connectivity index (χ0v) is 12.2. The second kappa shape index (κ2) is 5.80. The lowest BCUT2D eigenvalue weighted by Gasteiger charge is -2.17. The van der Waals surface area contributed by atoms with Gasteiger partial charge in [-0.3, -0.25) is 9.10 Å². The number of nitrogens with zero attached hydrogens (tertiary/aromatic N) is 1. The summed E-state index contributed by atoms with van der Waals surface area (Å²) in [5.74, 6) is 0.0430. The van der Waals surface area contributed by atoms with Crippen LogP contribution in [-0.2, 0) is 14.8 Å². The molecule has 0 spiro atoms. The summed E-state index contributed by atoms with van der Waals surface area (Å²) in [6.45, 7) is 2.28. The Hall–Kier alpha value is -1.60. The van der Waals surface area contributed by atoms with Gasteiger partial charge in [0.2, 0.25) is 15.9 Å². The molecule has 1 atom stereocenters. The molecule has 1 aromatic rings. The van der Waals surface area contributed by atoms with Gasteiger partial charge in [0.25, 0.3) is 0 Å². The summed E-state index contributed by atoms with van der Waals surface area (Å²) in [6, 6.07) is 6.60. The number of sulfonamides is 1. The second-order valence-electron chi connectivity index (χ2n) is 5.02. The summed E-state index contributed by atoms with van der Waals surface area (Å²) in [5.41, 5.74) is 6.82. The Labute approximate surface area is 119 Å². The molecule has 1 aromatic carbocycles. The summed E-state index contributed by atoms with van der Waals surface area (Å²) < 4.78 is 25.0. The number of amides is 1. The highest BCUT2D eigenvalue weighted by Crippen LogP contribution is 2.25. The van der Waals surface area contributed by atoms with Crippen LogP contribution in [0.1, 0.15) is 19.8 Å². The van der Waals surface area contributed by atoms with Gasteiger partial charge in [0, 0.05) is 24.7 Å². The molecule has 3 N–H and O–H groups in total. The highest BCUT2D eigenvalue weighted by Gasteiger charge is 2.28. The number of anilines is 2. The maximum Gasteiger partial charge on any atom is 0.235 e. The number of hydrogen-bond acceptors (Lipinski definition) is 4. The topological polar surface area (TPSA) is 92.5 Å². The van der Waals surface area contributed by atoms with Crippen molar-refractivity contribution >= 4 is 27.3 Å². The van der Waals surface area contributed by atoms with E-state index < -0.39 is 10.0 Å². The molecular formula is C13H19N3O3S. The molecule has 2 rings (SSSR count). The molecule has 7 heteroatoms. The van der Waals surface area contributed by atoms with E-state index >= 15 is 0 Å². The van der Waals surface area contributed by atoms with E-state index in [1.165, 1.54) is 4.31 Å². The SMILES string of the molecule is CC(N)CC(=O)Nc1ccc(N2CCCS2(=O)=O)cc1. The van der Waals surface area contributed by atoms with Crippen LogP contribution in [0.4, 0.5) is 11.4 Å². The molecule has 1 fully saturated rings. The zero-order valence-electron chi connectivity index (χ0n) is 11.4. The first kappa shape index (κ1) is 14.8. The van der Waals surface area contributed by atoms with Crippen molar-refractivity contribution < 1.29 is 13.2 Å². The fourth-order valence-corrected chi connectivity index (χ4v) is 3.71. The van der Waals surface area contributed by atoms with Crippen molar-refractivity contribution in [1.82, 2.24) is 0 Å². The van der Waals surface area contributed by atoms with Crippen molar-refractivity contribution in [2.24, 2.45) is 5.73 Å². The van der Waals surface area contributed by atoms with Gasteiger partial charge in [-0.2, -0.15) is 0 Å². The summed E-state index contributed by atoms with van der Waals surface area (Å²) in [6.07, 6.45) is 0.900. The van der Waals surface area contributed by atoms with Gasteiger partial charge < -0.3 is 11.1 Å². The van der Waals surface area contributed by atoms with Crippen LogP contribution in [0, 0.1) is 0 Å². The Morgan fingerprint density at radius 1 is 1.40 bits per heavy atom. The fraction of sp³-hybridized carbons (Fsp3) is 0.462. The summed E-state index contributed by atoms with van der Waals surface area (Å²) >= 11 is 0. The van der Waals surface area contributed by atoms with E-state index in [9.17, 15) is 13.2 Å². The van der Waals surface area contributed by atoms with Gasteiger partial charge in [0.05, 0.1) is 11.4 Å². The van der Waals surface area contributed by atoms with Crippen molar-refractivity contribution in [3.63, 3.8) is 0 Å². The molecule has 0 radical (unpaired) electrons. The van der Waals surface area contributed by atoms with Crippen molar-refractivity contribution in [3.05, 3.63) is 24.3 Å². The Kier molecular flexibility index (Phi) is 4.29. The maximum absolute atomic E-state index is 11.8. The quantitative estimate of drug-likeness (QED) is 0.863. The van der Waals surface area contributed by atoms with Crippen LogP contribution in [-0.4, -0.2) is 32.7 Å². The second-order valence-corrected chi connectivity index (χ2v) is 7.03. The number of nitrogens with one attached hydrogen (secondary N) is 1. The molecular weight excluding hydrogens is 278 g/mol. The van der Waals surface area contributed by atoms with Crippen LogP contribution in [0.25, 0.3) is 0 Å². The van der Waals surface area contributed by atoms with E-state index in [1.54, 1.807) is 31.2 Å².